The number of hydrogen-bond acceptors (Lipinski definition) is 3. The minimum absolute atomic E-state index is 0.152. The van der Waals surface area contributed by atoms with Gasteiger partial charge in [0.2, 0.25) is 0 Å². The van der Waals surface area contributed by atoms with Crippen LogP contribution in [0.5, 0.6) is 0 Å². The Labute approximate surface area is 114 Å². The lowest BCUT2D eigenvalue weighted by molar-refractivity contribution is 0.306. The van der Waals surface area contributed by atoms with Gasteiger partial charge in [0.15, 0.2) is 0 Å². The fourth-order valence-corrected chi connectivity index (χ4v) is 2.62. The minimum atomic E-state index is -2.79. The first kappa shape index (κ1) is 17.9. The second-order valence-corrected chi connectivity index (χ2v) is 8.94. The molecule has 0 aromatic carbocycles. The predicted molar refractivity (Wildman–Crippen MR) is 79.6 cm³/mol. The quantitative estimate of drug-likeness (QED) is 0.742. The van der Waals surface area contributed by atoms with Crippen molar-refractivity contribution in [1.29, 1.82) is 0 Å². The maximum Gasteiger partial charge on any atom is 0.150 e. The predicted octanol–water partition coefficient (Wildman–Crippen LogP) is 2.86. The van der Waals surface area contributed by atoms with Crippen LogP contribution in [0.25, 0.3) is 0 Å². The SMILES string of the molecule is CCS(=O)(=O)CCCC(C)C(C)CNC(C)(C)C. The van der Waals surface area contributed by atoms with E-state index in [-0.39, 0.29) is 11.3 Å². The monoisotopic (exact) mass is 277 g/mol. The van der Waals surface area contributed by atoms with Gasteiger partial charge in [0.1, 0.15) is 9.84 Å². The molecule has 0 aromatic rings. The van der Waals surface area contributed by atoms with E-state index in [1.807, 2.05) is 0 Å². The highest BCUT2D eigenvalue weighted by Gasteiger charge is 2.16. The molecule has 0 radical (unpaired) electrons. The van der Waals surface area contributed by atoms with Gasteiger partial charge in [-0.25, -0.2) is 8.42 Å². The van der Waals surface area contributed by atoms with Gasteiger partial charge in [-0.3, -0.25) is 0 Å². The normalized spacial score (nSPS) is 16.6. The van der Waals surface area contributed by atoms with E-state index in [0.717, 1.165) is 19.4 Å². The molecule has 18 heavy (non-hydrogen) atoms. The van der Waals surface area contributed by atoms with E-state index in [2.05, 4.69) is 39.9 Å². The summed E-state index contributed by atoms with van der Waals surface area (Å²) in [4.78, 5) is 0. The molecule has 0 heterocycles. The Morgan fingerprint density at radius 1 is 1.11 bits per heavy atom. The van der Waals surface area contributed by atoms with Gasteiger partial charge in [-0.15, -0.1) is 0 Å². The van der Waals surface area contributed by atoms with Crippen molar-refractivity contribution in [3.05, 3.63) is 0 Å². The van der Waals surface area contributed by atoms with E-state index in [0.29, 0.717) is 17.6 Å². The maximum absolute atomic E-state index is 11.4. The summed E-state index contributed by atoms with van der Waals surface area (Å²) in [5.41, 5.74) is 0.152. The van der Waals surface area contributed by atoms with Crippen molar-refractivity contribution >= 4 is 9.84 Å². The van der Waals surface area contributed by atoms with Crippen molar-refractivity contribution in [3.63, 3.8) is 0 Å². The molecule has 0 aliphatic rings. The highest BCUT2D eigenvalue weighted by Crippen LogP contribution is 2.17. The van der Waals surface area contributed by atoms with Crippen LogP contribution >= 0.6 is 0 Å². The van der Waals surface area contributed by atoms with Gasteiger partial charge >= 0.3 is 0 Å². The molecule has 3 nitrogen and oxygen atoms in total. The van der Waals surface area contributed by atoms with Crippen LogP contribution < -0.4 is 5.32 Å². The van der Waals surface area contributed by atoms with Crippen LogP contribution in [-0.2, 0) is 9.84 Å². The van der Waals surface area contributed by atoms with E-state index in [1.165, 1.54) is 0 Å². The van der Waals surface area contributed by atoms with Gasteiger partial charge in [0.25, 0.3) is 0 Å². The smallest absolute Gasteiger partial charge is 0.150 e. The molecule has 1 N–H and O–H groups in total. The third-order valence-electron chi connectivity index (χ3n) is 3.48. The van der Waals surface area contributed by atoms with Crippen molar-refractivity contribution in [1.82, 2.24) is 5.32 Å². The van der Waals surface area contributed by atoms with Crippen LogP contribution in [0.15, 0.2) is 0 Å². The maximum atomic E-state index is 11.4. The van der Waals surface area contributed by atoms with Gasteiger partial charge in [-0.2, -0.15) is 0 Å². The fourth-order valence-electron chi connectivity index (χ4n) is 1.72. The van der Waals surface area contributed by atoms with Crippen LogP contribution in [0, 0.1) is 11.8 Å². The Morgan fingerprint density at radius 2 is 1.67 bits per heavy atom. The molecule has 2 unspecified atom stereocenters. The minimum Gasteiger partial charge on any atom is -0.312 e. The summed E-state index contributed by atoms with van der Waals surface area (Å²) < 4.78 is 22.8. The Bertz CT molecular complexity index is 317. The van der Waals surface area contributed by atoms with Crippen molar-refractivity contribution in [2.45, 2.75) is 59.9 Å². The summed E-state index contributed by atoms with van der Waals surface area (Å²) >= 11 is 0. The Hall–Kier alpha value is -0.0900. The summed E-state index contributed by atoms with van der Waals surface area (Å²) in [6, 6.07) is 0. The summed E-state index contributed by atoms with van der Waals surface area (Å²) in [6.07, 6.45) is 1.78. The highest BCUT2D eigenvalue weighted by atomic mass is 32.2. The van der Waals surface area contributed by atoms with Crippen molar-refractivity contribution in [3.8, 4) is 0 Å². The number of rotatable bonds is 8. The van der Waals surface area contributed by atoms with Crippen LogP contribution in [0.4, 0.5) is 0 Å². The molecule has 0 saturated heterocycles. The van der Waals surface area contributed by atoms with Crippen LogP contribution in [0.1, 0.15) is 54.4 Å². The van der Waals surface area contributed by atoms with Crippen LogP contribution in [-0.4, -0.2) is 32.0 Å². The van der Waals surface area contributed by atoms with E-state index < -0.39 is 9.84 Å². The number of sulfone groups is 1. The number of hydrogen-bond donors (Lipinski definition) is 1. The van der Waals surface area contributed by atoms with Crippen molar-refractivity contribution in [2.24, 2.45) is 11.8 Å². The molecule has 0 spiro atoms. The van der Waals surface area contributed by atoms with Gasteiger partial charge < -0.3 is 5.32 Å². The van der Waals surface area contributed by atoms with E-state index in [9.17, 15) is 8.42 Å². The summed E-state index contributed by atoms with van der Waals surface area (Å²) in [7, 11) is -2.79. The third kappa shape index (κ3) is 8.92. The van der Waals surface area contributed by atoms with Gasteiger partial charge in [0.05, 0.1) is 5.75 Å². The molecule has 0 fully saturated rings. The van der Waals surface area contributed by atoms with Gasteiger partial charge in [-0.05, 0) is 52.0 Å². The second-order valence-electron chi connectivity index (χ2n) is 6.46. The molecule has 2 atom stereocenters. The second kappa shape index (κ2) is 7.49. The molecule has 0 amide bonds. The van der Waals surface area contributed by atoms with Gasteiger partial charge in [0, 0.05) is 11.3 Å². The standard InChI is InChI=1S/C14H31NO2S/c1-7-18(16,17)10-8-9-12(2)13(3)11-15-14(4,5)6/h12-13,15H,7-11H2,1-6H3. The zero-order valence-electron chi connectivity index (χ0n) is 12.9. The van der Waals surface area contributed by atoms with Crippen molar-refractivity contribution < 1.29 is 8.42 Å². The third-order valence-corrected chi connectivity index (χ3v) is 5.27. The largest absolute Gasteiger partial charge is 0.312 e. The molecule has 4 heteroatoms. The van der Waals surface area contributed by atoms with E-state index in [4.69, 9.17) is 0 Å². The first-order valence-corrected chi connectivity index (χ1v) is 8.85. The average Bonchev–Trinajstić information content (AvgIpc) is 2.24. The fraction of sp³-hybridized carbons (Fsp3) is 1.00. The molecule has 0 saturated carbocycles. The first-order chi connectivity index (χ1) is 8.07. The molecule has 110 valence electrons. The van der Waals surface area contributed by atoms with Crippen LogP contribution in [0.3, 0.4) is 0 Å². The summed E-state index contributed by atoms with van der Waals surface area (Å²) in [6.45, 7) is 13.7. The Kier molecular flexibility index (Phi) is 7.45. The zero-order chi connectivity index (χ0) is 14.4. The summed E-state index contributed by atoms with van der Waals surface area (Å²) in [5.74, 6) is 1.75. The highest BCUT2D eigenvalue weighted by molar-refractivity contribution is 7.91. The van der Waals surface area contributed by atoms with Gasteiger partial charge in [-0.1, -0.05) is 20.8 Å². The molecule has 0 aliphatic carbocycles. The molecule has 0 rings (SSSR count). The average molecular weight is 277 g/mol. The molecule has 0 bridgehead atoms. The molecule has 0 aromatic heterocycles. The van der Waals surface area contributed by atoms with Crippen molar-refractivity contribution in [2.75, 3.05) is 18.1 Å². The lowest BCUT2D eigenvalue weighted by Gasteiger charge is -2.26. The van der Waals surface area contributed by atoms with E-state index >= 15 is 0 Å². The lowest BCUT2D eigenvalue weighted by Crippen LogP contribution is -2.39. The lowest BCUT2D eigenvalue weighted by atomic mass is 9.91. The first-order valence-electron chi connectivity index (χ1n) is 7.03. The van der Waals surface area contributed by atoms with E-state index in [1.54, 1.807) is 6.92 Å². The Morgan fingerprint density at radius 3 is 2.11 bits per heavy atom. The number of nitrogens with one attached hydrogen (secondary N) is 1. The molecular formula is C14H31NO2S. The molecular weight excluding hydrogens is 246 g/mol. The zero-order valence-corrected chi connectivity index (χ0v) is 13.7. The Balaban J connectivity index is 3.92. The molecule has 0 aliphatic heterocycles. The van der Waals surface area contributed by atoms with Crippen LogP contribution in [0.2, 0.25) is 0 Å². The summed E-state index contributed by atoms with van der Waals surface area (Å²) in [5, 5.41) is 3.50. The topological polar surface area (TPSA) is 46.2 Å².